The van der Waals surface area contributed by atoms with Gasteiger partial charge >= 0.3 is 37.7 Å². The third-order valence-corrected chi connectivity index (χ3v) is 0. The Morgan fingerprint density at radius 3 is 1.00 bits per heavy atom. The van der Waals surface area contributed by atoms with Crippen LogP contribution in [0, 0.1) is 0 Å². The van der Waals surface area contributed by atoms with Gasteiger partial charge in [0.2, 0.25) is 0 Å². The summed E-state index contributed by atoms with van der Waals surface area (Å²) in [6.45, 7) is 0. The van der Waals surface area contributed by atoms with E-state index in [1.54, 1.807) is 0 Å². The van der Waals surface area contributed by atoms with Crippen molar-refractivity contribution in [3.05, 3.63) is 0 Å². The van der Waals surface area contributed by atoms with Crippen molar-refractivity contribution >= 4 is 55.1 Å². The number of rotatable bonds is 0. The monoisotopic (exact) mass is 170 g/mol. The Kier molecular flexibility index (Phi) is 57.6. The third kappa shape index (κ3) is 90.4. The van der Waals surface area contributed by atoms with Crippen LogP contribution >= 0.6 is 17.4 Å². The van der Waals surface area contributed by atoms with E-state index in [0.717, 1.165) is 0 Å². The van der Waals surface area contributed by atoms with Crippen molar-refractivity contribution in [2.24, 2.45) is 0 Å². The number of hydrogen-bond donors (Lipinski definition) is 0. The van der Waals surface area contributed by atoms with Gasteiger partial charge in [-0.25, -0.2) is 0 Å². The van der Waals surface area contributed by atoms with Crippen LogP contribution in [0.4, 0.5) is 0 Å². The Morgan fingerprint density at radius 2 is 1.00 bits per heavy atom. The smallest absolute Gasteiger partial charge is 0.804 e. The van der Waals surface area contributed by atoms with Crippen LogP contribution in [-0.4, -0.2) is 37.7 Å². The molecule has 0 aromatic heterocycles. The van der Waals surface area contributed by atoms with Gasteiger partial charge in [0.15, 0.2) is 0 Å². The summed E-state index contributed by atoms with van der Waals surface area (Å²) < 4.78 is 16.9. The van der Waals surface area contributed by atoms with Crippen LogP contribution in [0.3, 0.4) is 0 Å². The van der Waals surface area contributed by atoms with Crippen molar-refractivity contribution in [1.82, 2.24) is 0 Å². The van der Waals surface area contributed by atoms with Gasteiger partial charge in [-0.2, -0.15) is 0 Å². The van der Waals surface area contributed by atoms with Gasteiger partial charge in [0.1, 0.15) is 0 Å². The molecule has 0 aliphatic heterocycles. The molecule has 0 saturated heterocycles. The molecule has 0 bridgehead atoms. The zero-order chi connectivity index (χ0) is 5.41. The molecule has 0 aromatic rings. The molecule has 0 aliphatic rings. The summed E-state index contributed by atoms with van der Waals surface area (Å²) in [5.74, 6) is 0. The third-order valence-electron chi connectivity index (χ3n) is 0. The van der Waals surface area contributed by atoms with Gasteiger partial charge < -0.3 is 18.9 Å². The van der Waals surface area contributed by atoms with Crippen LogP contribution in [0.2, 0.25) is 0 Å². The fourth-order valence-electron chi connectivity index (χ4n) is 0. The quantitative estimate of drug-likeness (QED) is 0.301. The summed E-state index contributed by atoms with van der Waals surface area (Å²) in [7, 11) is -3.50. The standard InChI is InChI=1S/Ca.2H3O2P/c;2*1-3-2/h;2*3H2,(H,1,2)/q+2;;/p-2. The first-order chi connectivity index (χ1) is 2.83. The second kappa shape index (κ2) is 25.4. The SMILES string of the molecule is O=[PH2][O-].O=[PH2][O-].[Ca+2]. The van der Waals surface area contributed by atoms with Crippen LogP contribution in [0.15, 0.2) is 0 Å². The van der Waals surface area contributed by atoms with Gasteiger partial charge in [0.05, 0.1) is 0 Å². The van der Waals surface area contributed by atoms with E-state index in [-0.39, 0.29) is 37.7 Å². The molecular weight excluding hydrogens is 166 g/mol. The first-order valence-corrected chi connectivity index (χ1v) is 2.83. The molecule has 7 heteroatoms. The number of hydrogen-bond acceptors (Lipinski definition) is 4. The minimum absolute atomic E-state index is 0. The first-order valence-electron chi connectivity index (χ1n) is 0.943. The maximum Gasteiger partial charge on any atom is 2.00 e. The maximum atomic E-state index is 8.46. The Hall–Kier alpha value is 1.64. The molecule has 0 fully saturated rings. The van der Waals surface area contributed by atoms with E-state index in [4.69, 9.17) is 18.9 Å². The molecule has 40 valence electrons. The van der Waals surface area contributed by atoms with Crippen molar-refractivity contribution in [2.45, 2.75) is 0 Å². The molecule has 2 unspecified atom stereocenters. The fourth-order valence-corrected chi connectivity index (χ4v) is 0. The van der Waals surface area contributed by atoms with E-state index < -0.39 is 17.4 Å². The molecular formula is H4CaO4P2. The Bertz CT molecular complexity index is 30.7. The molecule has 0 saturated carbocycles. The van der Waals surface area contributed by atoms with Crippen molar-refractivity contribution in [2.75, 3.05) is 0 Å². The van der Waals surface area contributed by atoms with Gasteiger partial charge in [-0.3, -0.25) is 0 Å². The van der Waals surface area contributed by atoms with Gasteiger partial charge in [-0.05, 0) is 17.4 Å². The van der Waals surface area contributed by atoms with Crippen LogP contribution in [-0.2, 0) is 9.13 Å². The normalized spacial score (nSPS) is 8.29. The molecule has 0 aromatic carbocycles. The molecule has 2 atom stereocenters. The summed E-state index contributed by atoms with van der Waals surface area (Å²) >= 11 is 0. The van der Waals surface area contributed by atoms with E-state index in [2.05, 4.69) is 0 Å². The summed E-state index contributed by atoms with van der Waals surface area (Å²) in [5.41, 5.74) is 0. The average Bonchev–Trinajstić information content (AvgIpc) is 1.39. The second-order valence-corrected chi connectivity index (χ2v) is 0.577. The average molecular weight is 170 g/mol. The van der Waals surface area contributed by atoms with Crippen molar-refractivity contribution in [3.8, 4) is 0 Å². The van der Waals surface area contributed by atoms with E-state index in [0.29, 0.717) is 0 Å². The molecule has 0 heterocycles. The zero-order valence-corrected chi connectivity index (χ0v) is 8.01. The first kappa shape index (κ1) is 15.9. The summed E-state index contributed by atoms with van der Waals surface area (Å²) in [6.07, 6.45) is 0. The van der Waals surface area contributed by atoms with Crippen molar-refractivity contribution < 1.29 is 18.9 Å². The topological polar surface area (TPSA) is 80.3 Å². The summed E-state index contributed by atoms with van der Waals surface area (Å²) in [6, 6.07) is 0. The maximum absolute atomic E-state index is 8.46. The molecule has 0 aliphatic carbocycles. The molecule has 0 amide bonds. The van der Waals surface area contributed by atoms with E-state index >= 15 is 0 Å². The molecule has 0 spiro atoms. The van der Waals surface area contributed by atoms with E-state index in [1.807, 2.05) is 0 Å². The minimum Gasteiger partial charge on any atom is -0.804 e. The van der Waals surface area contributed by atoms with Gasteiger partial charge in [-0.1, -0.05) is 0 Å². The predicted octanol–water partition coefficient (Wildman–Crippen LogP) is -2.34. The van der Waals surface area contributed by atoms with Crippen molar-refractivity contribution in [1.29, 1.82) is 0 Å². The minimum atomic E-state index is -1.75. The van der Waals surface area contributed by atoms with Gasteiger partial charge in [0, 0.05) is 0 Å². The summed E-state index contributed by atoms with van der Waals surface area (Å²) in [5, 5.41) is 0. The Labute approximate surface area is 73.5 Å². The predicted molar refractivity (Wildman–Crippen MR) is 26.5 cm³/mol. The second-order valence-electron chi connectivity index (χ2n) is 0.192. The van der Waals surface area contributed by atoms with Crippen LogP contribution in [0.1, 0.15) is 0 Å². The van der Waals surface area contributed by atoms with Crippen LogP contribution < -0.4 is 9.79 Å². The van der Waals surface area contributed by atoms with Crippen LogP contribution in [0.5, 0.6) is 0 Å². The fraction of sp³-hybridized carbons (Fsp3) is 0. The van der Waals surface area contributed by atoms with Gasteiger partial charge in [0.25, 0.3) is 0 Å². The van der Waals surface area contributed by atoms with Gasteiger partial charge in [-0.15, -0.1) is 0 Å². The molecule has 4 nitrogen and oxygen atoms in total. The summed E-state index contributed by atoms with van der Waals surface area (Å²) in [4.78, 5) is 16.9. The largest absolute Gasteiger partial charge is 2.00 e. The van der Waals surface area contributed by atoms with Crippen molar-refractivity contribution in [3.63, 3.8) is 0 Å². The molecule has 0 N–H and O–H groups in total. The Morgan fingerprint density at radius 1 is 1.00 bits per heavy atom. The molecule has 0 rings (SSSR count). The zero-order valence-electron chi connectivity index (χ0n) is 3.49. The Balaban J connectivity index is -0.0000000400. The van der Waals surface area contributed by atoms with E-state index in [9.17, 15) is 0 Å². The molecule has 0 radical (unpaired) electrons. The van der Waals surface area contributed by atoms with E-state index in [1.165, 1.54) is 0 Å². The molecule has 7 heavy (non-hydrogen) atoms. The van der Waals surface area contributed by atoms with Crippen LogP contribution in [0.25, 0.3) is 0 Å².